The van der Waals surface area contributed by atoms with Crippen LogP contribution < -0.4 is 5.32 Å². The van der Waals surface area contributed by atoms with Crippen molar-refractivity contribution in [2.45, 2.75) is 20.8 Å². The molecule has 4 heteroatoms. The molecular formula is C23H20N2O2. The maximum absolute atomic E-state index is 13.0. The van der Waals surface area contributed by atoms with Gasteiger partial charge in [-0.25, -0.2) is 4.98 Å². The van der Waals surface area contributed by atoms with Crippen LogP contribution in [0.15, 0.2) is 65.1 Å². The van der Waals surface area contributed by atoms with E-state index in [4.69, 9.17) is 4.42 Å². The molecule has 0 saturated carbocycles. The lowest BCUT2D eigenvalue weighted by molar-refractivity contribution is 0.102. The average Bonchev–Trinajstić information content (AvgIpc) is 3.10. The quantitative estimate of drug-likeness (QED) is 0.514. The third kappa shape index (κ3) is 3.34. The highest BCUT2D eigenvalue weighted by Crippen LogP contribution is 2.27. The van der Waals surface area contributed by atoms with Gasteiger partial charge in [-0.3, -0.25) is 4.79 Å². The SMILES string of the molecule is Cc1ccc(-c2cc(C(=O)Nc3ccc(C)c(C)c3)c3ccccc3n2)o1. The zero-order valence-corrected chi connectivity index (χ0v) is 15.5. The minimum Gasteiger partial charge on any atom is -0.460 e. The van der Waals surface area contributed by atoms with Crippen LogP contribution in [0.1, 0.15) is 27.2 Å². The molecule has 134 valence electrons. The Balaban J connectivity index is 1.79. The molecular weight excluding hydrogens is 336 g/mol. The molecule has 0 saturated heterocycles. The van der Waals surface area contributed by atoms with Crippen molar-refractivity contribution >= 4 is 22.5 Å². The summed E-state index contributed by atoms with van der Waals surface area (Å²) in [4.78, 5) is 17.7. The number of aryl methyl sites for hydroxylation is 3. The van der Waals surface area contributed by atoms with Gasteiger partial charge in [0.15, 0.2) is 5.76 Å². The number of furan rings is 1. The Morgan fingerprint density at radius 3 is 2.48 bits per heavy atom. The van der Waals surface area contributed by atoms with Crippen molar-refractivity contribution in [2.75, 3.05) is 5.32 Å². The predicted molar refractivity (Wildman–Crippen MR) is 108 cm³/mol. The first kappa shape index (κ1) is 17.0. The zero-order chi connectivity index (χ0) is 19.0. The fraction of sp³-hybridized carbons (Fsp3) is 0.130. The van der Waals surface area contributed by atoms with Crippen LogP contribution in [0.3, 0.4) is 0 Å². The number of para-hydroxylation sites is 1. The molecule has 1 amide bonds. The monoisotopic (exact) mass is 356 g/mol. The molecule has 0 fully saturated rings. The first-order valence-corrected chi connectivity index (χ1v) is 8.86. The van der Waals surface area contributed by atoms with E-state index >= 15 is 0 Å². The summed E-state index contributed by atoms with van der Waals surface area (Å²) < 4.78 is 5.71. The number of nitrogens with one attached hydrogen (secondary N) is 1. The van der Waals surface area contributed by atoms with E-state index in [0.29, 0.717) is 17.0 Å². The van der Waals surface area contributed by atoms with Gasteiger partial charge in [0.2, 0.25) is 0 Å². The van der Waals surface area contributed by atoms with Gasteiger partial charge in [0, 0.05) is 11.1 Å². The van der Waals surface area contributed by atoms with Crippen LogP contribution in [0.5, 0.6) is 0 Å². The van der Waals surface area contributed by atoms with Gasteiger partial charge in [-0.1, -0.05) is 24.3 Å². The van der Waals surface area contributed by atoms with Gasteiger partial charge in [0.1, 0.15) is 11.5 Å². The maximum Gasteiger partial charge on any atom is 0.256 e. The maximum atomic E-state index is 13.0. The Bertz CT molecular complexity index is 1160. The predicted octanol–water partition coefficient (Wildman–Crippen LogP) is 5.67. The van der Waals surface area contributed by atoms with Crippen LogP contribution in [0, 0.1) is 20.8 Å². The van der Waals surface area contributed by atoms with Crippen molar-refractivity contribution in [3.8, 4) is 11.5 Å². The number of rotatable bonds is 3. The molecule has 4 aromatic rings. The van der Waals surface area contributed by atoms with Crippen molar-refractivity contribution in [1.29, 1.82) is 0 Å². The second-order valence-electron chi connectivity index (χ2n) is 6.74. The number of carbonyl (C=O) groups is 1. The topological polar surface area (TPSA) is 55.1 Å². The minimum absolute atomic E-state index is 0.165. The number of carbonyl (C=O) groups excluding carboxylic acids is 1. The van der Waals surface area contributed by atoms with E-state index in [1.807, 2.05) is 68.4 Å². The Labute approximate surface area is 157 Å². The van der Waals surface area contributed by atoms with Crippen LogP contribution in [-0.4, -0.2) is 10.9 Å². The summed E-state index contributed by atoms with van der Waals surface area (Å²) in [7, 11) is 0. The van der Waals surface area contributed by atoms with Crippen LogP contribution in [0.4, 0.5) is 5.69 Å². The second-order valence-corrected chi connectivity index (χ2v) is 6.74. The largest absolute Gasteiger partial charge is 0.460 e. The van der Waals surface area contributed by atoms with Gasteiger partial charge in [-0.2, -0.15) is 0 Å². The summed E-state index contributed by atoms with van der Waals surface area (Å²) in [5, 5.41) is 3.82. The van der Waals surface area contributed by atoms with E-state index in [9.17, 15) is 4.79 Å². The molecule has 0 radical (unpaired) electrons. The lowest BCUT2D eigenvalue weighted by atomic mass is 10.1. The number of hydrogen-bond donors (Lipinski definition) is 1. The molecule has 1 N–H and O–H groups in total. The number of benzene rings is 2. The van der Waals surface area contributed by atoms with Crippen LogP contribution in [-0.2, 0) is 0 Å². The molecule has 4 nitrogen and oxygen atoms in total. The fourth-order valence-corrected chi connectivity index (χ4v) is 3.08. The normalized spacial score (nSPS) is 10.9. The van der Waals surface area contributed by atoms with Crippen molar-refractivity contribution in [1.82, 2.24) is 4.98 Å². The van der Waals surface area contributed by atoms with E-state index in [1.54, 1.807) is 6.07 Å². The Morgan fingerprint density at radius 1 is 0.926 bits per heavy atom. The average molecular weight is 356 g/mol. The lowest BCUT2D eigenvalue weighted by Crippen LogP contribution is -2.13. The van der Waals surface area contributed by atoms with Gasteiger partial charge < -0.3 is 9.73 Å². The van der Waals surface area contributed by atoms with E-state index in [0.717, 1.165) is 27.9 Å². The molecule has 27 heavy (non-hydrogen) atoms. The Hall–Kier alpha value is -3.40. The lowest BCUT2D eigenvalue weighted by Gasteiger charge is -2.11. The van der Waals surface area contributed by atoms with Crippen molar-refractivity contribution in [2.24, 2.45) is 0 Å². The fourth-order valence-electron chi connectivity index (χ4n) is 3.08. The van der Waals surface area contributed by atoms with Crippen LogP contribution in [0.25, 0.3) is 22.4 Å². The number of amides is 1. The molecule has 0 spiro atoms. The van der Waals surface area contributed by atoms with E-state index < -0.39 is 0 Å². The van der Waals surface area contributed by atoms with Gasteiger partial charge >= 0.3 is 0 Å². The number of pyridine rings is 1. The molecule has 4 rings (SSSR count). The van der Waals surface area contributed by atoms with Crippen LogP contribution in [0.2, 0.25) is 0 Å². The standard InChI is InChI=1S/C23H20N2O2/c1-14-8-10-17(12-15(14)2)24-23(26)19-13-21(22-11-9-16(3)27-22)25-20-7-5-4-6-18(19)20/h4-13H,1-3H3,(H,24,26). The highest BCUT2D eigenvalue weighted by Gasteiger charge is 2.15. The third-order valence-electron chi connectivity index (χ3n) is 4.72. The number of hydrogen-bond acceptors (Lipinski definition) is 3. The molecule has 2 heterocycles. The van der Waals surface area contributed by atoms with Crippen molar-refractivity contribution in [3.05, 3.63) is 83.1 Å². The summed E-state index contributed by atoms with van der Waals surface area (Å²) in [6.07, 6.45) is 0. The first-order chi connectivity index (χ1) is 13.0. The van der Waals surface area contributed by atoms with Gasteiger partial charge in [-0.05, 0) is 68.3 Å². The van der Waals surface area contributed by atoms with E-state index in [-0.39, 0.29) is 5.91 Å². The van der Waals surface area contributed by atoms with Crippen molar-refractivity contribution in [3.63, 3.8) is 0 Å². The second kappa shape index (κ2) is 6.72. The molecule has 0 bridgehead atoms. The highest BCUT2D eigenvalue weighted by molar-refractivity contribution is 6.13. The molecule has 2 aromatic heterocycles. The van der Waals surface area contributed by atoms with Crippen LogP contribution >= 0.6 is 0 Å². The minimum atomic E-state index is -0.165. The Kier molecular flexibility index (Phi) is 4.24. The Morgan fingerprint density at radius 2 is 1.74 bits per heavy atom. The van der Waals surface area contributed by atoms with E-state index in [1.165, 1.54) is 5.56 Å². The summed E-state index contributed by atoms with van der Waals surface area (Å²) in [5.41, 5.74) is 5.08. The summed E-state index contributed by atoms with van der Waals surface area (Å²) >= 11 is 0. The summed E-state index contributed by atoms with van der Waals surface area (Å²) in [5.74, 6) is 1.29. The number of anilines is 1. The zero-order valence-electron chi connectivity index (χ0n) is 15.5. The van der Waals surface area contributed by atoms with Gasteiger partial charge in [0.05, 0.1) is 11.1 Å². The molecule has 0 aliphatic rings. The smallest absolute Gasteiger partial charge is 0.256 e. The van der Waals surface area contributed by atoms with Gasteiger partial charge in [0.25, 0.3) is 5.91 Å². The van der Waals surface area contributed by atoms with Crippen molar-refractivity contribution < 1.29 is 9.21 Å². The molecule has 0 aliphatic heterocycles. The molecule has 0 atom stereocenters. The number of aromatic nitrogens is 1. The molecule has 0 aliphatic carbocycles. The van der Waals surface area contributed by atoms with E-state index in [2.05, 4.69) is 17.2 Å². The molecule has 0 unspecified atom stereocenters. The van der Waals surface area contributed by atoms with Gasteiger partial charge in [-0.15, -0.1) is 0 Å². The first-order valence-electron chi connectivity index (χ1n) is 8.86. The third-order valence-corrected chi connectivity index (χ3v) is 4.72. The number of fused-ring (bicyclic) bond motifs is 1. The summed E-state index contributed by atoms with van der Waals surface area (Å²) in [6.45, 7) is 5.97. The summed E-state index contributed by atoms with van der Waals surface area (Å²) in [6, 6.07) is 19.1. The molecule has 2 aromatic carbocycles. The number of nitrogens with zero attached hydrogens (tertiary/aromatic N) is 1. The highest BCUT2D eigenvalue weighted by atomic mass is 16.3.